The number of aliphatic hydroxyl groups is 1. The second-order valence-electron chi connectivity index (χ2n) is 11.3. The van der Waals surface area contributed by atoms with Crippen LogP contribution in [0.4, 0.5) is 0 Å². The summed E-state index contributed by atoms with van der Waals surface area (Å²) in [5.41, 5.74) is 4.04. The van der Waals surface area contributed by atoms with Gasteiger partial charge in [-0.1, -0.05) is 61.2 Å². The Morgan fingerprint density at radius 2 is 1.74 bits per heavy atom. The highest BCUT2D eigenvalue weighted by Gasteiger charge is 2.59. The molecule has 5 rings (SSSR count). The van der Waals surface area contributed by atoms with Gasteiger partial charge in [0.15, 0.2) is 0 Å². The molecule has 0 radical (unpaired) electrons. The van der Waals surface area contributed by atoms with Crippen molar-refractivity contribution in [3.63, 3.8) is 0 Å². The number of rotatable bonds is 10. The number of hydrogen-bond donors (Lipinski definition) is 2. The van der Waals surface area contributed by atoms with Gasteiger partial charge in [0.05, 0.1) is 26.2 Å². The van der Waals surface area contributed by atoms with E-state index in [2.05, 4.69) is 57.1 Å². The topological polar surface area (TPSA) is 78.9 Å². The fourth-order valence-corrected chi connectivity index (χ4v) is 8.55. The van der Waals surface area contributed by atoms with E-state index in [9.17, 15) is 14.7 Å². The van der Waals surface area contributed by atoms with Crippen LogP contribution in [0.15, 0.2) is 71.6 Å². The summed E-state index contributed by atoms with van der Waals surface area (Å²) < 4.78 is 5.19. The van der Waals surface area contributed by atoms with Crippen LogP contribution in [0.25, 0.3) is 0 Å². The number of nitrogens with zero attached hydrogens (tertiary/aromatic N) is 1. The number of nitrogens with one attached hydrogen (secondary N) is 1. The van der Waals surface area contributed by atoms with Gasteiger partial charge in [-0.05, 0) is 95.8 Å². The van der Waals surface area contributed by atoms with E-state index in [4.69, 9.17) is 4.74 Å². The van der Waals surface area contributed by atoms with Crippen molar-refractivity contribution in [1.82, 2.24) is 10.2 Å². The van der Waals surface area contributed by atoms with E-state index >= 15 is 0 Å². The van der Waals surface area contributed by atoms with Crippen LogP contribution in [-0.2, 0) is 22.6 Å². The number of halogens is 1. The average molecular weight is 699 g/mol. The number of carbonyl (C=O) groups excluding carboxylic acids is 2. The Kier molecular flexibility index (Phi) is 10.2. The average Bonchev–Trinajstić information content (AvgIpc) is 3.31. The first-order valence-corrected chi connectivity index (χ1v) is 16.6. The molecule has 1 aliphatic carbocycles. The molecule has 2 atom stereocenters. The maximum Gasteiger partial charge on any atom is 0.239 e. The van der Waals surface area contributed by atoms with Gasteiger partial charge in [-0.25, -0.2) is 0 Å². The molecular formula is C34H39IN2O4S. The summed E-state index contributed by atoms with van der Waals surface area (Å²) in [6.45, 7) is 2.46. The summed E-state index contributed by atoms with van der Waals surface area (Å²) in [6, 6.07) is 21.7. The van der Waals surface area contributed by atoms with E-state index in [1.54, 1.807) is 7.11 Å². The van der Waals surface area contributed by atoms with Crippen molar-refractivity contribution in [2.75, 3.05) is 13.7 Å². The minimum absolute atomic E-state index is 0.0406. The molecule has 0 aromatic heterocycles. The Hall–Kier alpha value is -2.56. The number of carbonyl (C=O) groups is 2. The molecule has 42 heavy (non-hydrogen) atoms. The van der Waals surface area contributed by atoms with E-state index in [1.165, 1.54) is 18.2 Å². The van der Waals surface area contributed by atoms with Crippen LogP contribution in [-0.4, -0.2) is 46.3 Å². The summed E-state index contributed by atoms with van der Waals surface area (Å²) in [5, 5.41) is 13.0. The maximum atomic E-state index is 14.5. The van der Waals surface area contributed by atoms with Crippen molar-refractivity contribution in [2.24, 2.45) is 0 Å². The predicted molar refractivity (Wildman–Crippen MR) is 176 cm³/mol. The van der Waals surface area contributed by atoms with Gasteiger partial charge >= 0.3 is 0 Å². The maximum absolute atomic E-state index is 14.5. The molecule has 0 bridgehead atoms. The quantitative estimate of drug-likeness (QED) is 0.234. The second kappa shape index (κ2) is 13.8. The molecule has 0 spiro atoms. The van der Waals surface area contributed by atoms with Gasteiger partial charge in [0.25, 0.3) is 0 Å². The van der Waals surface area contributed by atoms with Crippen molar-refractivity contribution < 1.29 is 19.4 Å². The molecule has 1 saturated carbocycles. The number of thioether (sulfide) groups is 1. The number of methoxy groups -OCH3 is 1. The van der Waals surface area contributed by atoms with E-state index < -0.39 is 10.8 Å². The molecule has 3 aromatic rings. The number of aryl methyl sites for hydroxylation is 1. The third-order valence-corrected chi connectivity index (χ3v) is 10.9. The molecule has 222 valence electrons. The van der Waals surface area contributed by atoms with Crippen LogP contribution in [0.5, 0.6) is 5.75 Å². The highest BCUT2D eigenvalue weighted by atomic mass is 127. The minimum Gasteiger partial charge on any atom is -0.497 e. The third-order valence-electron chi connectivity index (χ3n) is 8.50. The van der Waals surface area contributed by atoms with Crippen LogP contribution >= 0.6 is 34.4 Å². The van der Waals surface area contributed by atoms with Gasteiger partial charge in [0.2, 0.25) is 11.8 Å². The Morgan fingerprint density at radius 1 is 1.05 bits per heavy atom. The first-order chi connectivity index (χ1) is 20.3. The number of likely N-dealkylation sites (tertiary alicyclic amines) is 1. The lowest BCUT2D eigenvalue weighted by Crippen LogP contribution is -2.50. The Morgan fingerprint density at radius 3 is 2.38 bits per heavy atom. The lowest BCUT2D eigenvalue weighted by Gasteiger charge is -2.41. The number of amides is 2. The minimum atomic E-state index is -1.05. The molecule has 2 N–H and O–H groups in total. The van der Waals surface area contributed by atoms with Gasteiger partial charge in [-0.3, -0.25) is 9.59 Å². The monoisotopic (exact) mass is 698 g/mol. The third kappa shape index (κ3) is 6.65. The van der Waals surface area contributed by atoms with Crippen molar-refractivity contribution in [3.05, 3.63) is 92.6 Å². The van der Waals surface area contributed by atoms with Gasteiger partial charge in [0.1, 0.15) is 10.5 Å². The van der Waals surface area contributed by atoms with E-state index in [1.807, 2.05) is 49.4 Å². The molecule has 0 unspecified atom stereocenters. The largest absolute Gasteiger partial charge is 0.497 e. The van der Waals surface area contributed by atoms with Gasteiger partial charge in [-0.2, -0.15) is 0 Å². The van der Waals surface area contributed by atoms with Crippen LogP contribution in [0.1, 0.15) is 66.8 Å². The predicted octanol–water partition coefficient (Wildman–Crippen LogP) is 6.60. The first kappa shape index (κ1) is 30.9. The Labute approximate surface area is 266 Å². The molecule has 2 fully saturated rings. The second-order valence-corrected chi connectivity index (χ2v) is 13.9. The summed E-state index contributed by atoms with van der Waals surface area (Å²) in [7, 11) is 1.65. The van der Waals surface area contributed by atoms with E-state index in [0.29, 0.717) is 13.0 Å². The summed E-state index contributed by atoms with van der Waals surface area (Å²) in [6.07, 6.45) is 6.09. The summed E-state index contributed by atoms with van der Waals surface area (Å²) in [5.74, 6) is 0.729. The standard InChI is InChI=1S/C34H39IN2O4S/c1-23-8-15-28(16-9-23)42-34(33(40)36-19-18-24-10-13-27(41-2)14-11-24)21-31(39)37(26-6-4-3-5-7-26)32(34)29-17-12-25(22-38)20-30(29)35/h8-17,20,26,32,38H,3-7,18-19,21-22H2,1-2H3,(H,36,40)/t32-,34-/m1/s1. The highest BCUT2D eigenvalue weighted by molar-refractivity contribution is 14.1. The normalized spacial score (nSPS) is 21.0. The molecule has 1 saturated heterocycles. The lowest BCUT2D eigenvalue weighted by atomic mass is 9.88. The number of hydrogen-bond acceptors (Lipinski definition) is 5. The van der Waals surface area contributed by atoms with Crippen LogP contribution < -0.4 is 10.1 Å². The SMILES string of the molecule is COc1ccc(CCNC(=O)[C@@]2(Sc3ccc(C)cc3)CC(=O)N(C3CCCCC3)[C@@H]2c2ccc(CO)cc2I)cc1. The fourth-order valence-electron chi connectivity index (χ4n) is 6.27. The van der Waals surface area contributed by atoms with Crippen molar-refractivity contribution in [2.45, 2.75) is 80.2 Å². The smallest absolute Gasteiger partial charge is 0.239 e. The number of benzene rings is 3. The van der Waals surface area contributed by atoms with Crippen molar-refractivity contribution in [3.8, 4) is 5.75 Å². The van der Waals surface area contributed by atoms with Crippen LogP contribution in [0, 0.1) is 10.5 Å². The van der Waals surface area contributed by atoms with E-state index in [0.717, 1.165) is 62.2 Å². The molecule has 3 aromatic carbocycles. The molecule has 1 aliphatic heterocycles. The van der Waals surface area contributed by atoms with Crippen molar-refractivity contribution >= 4 is 46.2 Å². The molecule has 2 aliphatic rings. The Bertz CT molecular complexity index is 1390. The van der Waals surface area contributed by atoms with Crippen LogP contribution in [0.3, 0.4) is 0 Å². The van der Waals surface area contributed by atoms with Gasteiger partial charge in [0, 0.05) is 21.1 Å². The molecule has 1 heterocycles. The zero-order valence-corrected chi connectivity index (χ0v) is 27.2. The zero-order valence-electron chi connectivity index (χ0n) is 24.3. The fraction of sp³-hybridized carbons (Fsp3) is 0.412. The lowest BCUT2D eigenvalue weighted by molar-refractivity contribution is -0.132. The van der Waals surface area contributed by atoms with E-state index in [-0.39, 0.29) is 30.9 Å². The number of aliphatic hydroxyl groups excluding tert-OH is 1. The van der Waals surface area contributed by atoms with Crippen molar-refractivity contribution in [1.29, 1.82) is 0 Å². The Balaban J connectivity index is 1.54. The first-order valence-electron chi connectivity index (χ1n) is 14.7. The summed E-state index contributed by atoms with van der Waals surface area (Å²) >= 11 is 3.82. The van der Waals surface area contributed by atoms with Gasteiger partial charge in [-0.15, -0.1) is 11.8 Å². The van der Waals surface area contributed by atoms with Crippen LogP contribution in [0.2, 0.25) is 0 Å². The van der Waals surface area contributed by atoms with Gasteiger partial charge < -0.3 is 20.1 Å². The molecule has 6 nitrogen and oxygen atoms in total. The summed E-state index contributed by atoms with van der Waals surface area (Å²) in [4.78, 5) is 31.7. The zero-order chi connectivity index (χ0) is 29.7. The molecular weight excluding hydrogens is 659 g/mol. The number of ether oxygens (including phenoxy) is 1. The molecule has 8 heteroatoms. The highest BCUT2D eigenvalue weighted by Crippen LogP contribution is 2.55. The molecule has 2 amide bonds.